The Morgan fingerprint density at radius 2 is 1.89 bits per heavy atom. The fourth-order valence-corrected chi connectivity index (χ4v) is 4.69. The van der Waals surface area contributed by atoms with Gasteiger partial charge >= 0.3 is 0 Å². The summed E-state index contributed by atoms with van der Waals surface area (Å²) < 4.78 is 5.17. The van der Waals surface area contributed by atoms with Crippen LogP contribution in [0.25, 0.3) is 0 Å². The van der Waals surface area contributed by atoms with E-state index in [1.54, 1.807) is 7.11 Å². The van der Waals surface area contributed by atoms with Gasteiger partial charge in [0.25, 0.3) is 0 Å². The van der Waals surface area contributed by atoms with E-state index in [1.807, 2.05) is 52.0 Å². The monoisotopic (exact) mass is 386 g/mol. The number of ether oxygens (including phenoxy) is 1. The summed E-state index contributed by atoms with van der Waals surface area (Å²) in [6, 6.07) is 7.34. The Morgan fingerprint density at radius 3 is 2.46 bits per heavy atom. The lowest BCUT2D eigenvalue weighted by Gasteiger charge is -2.47. The molecule has 1 saturated heterocycles. The molecule has 28 heavy (non-hydrogen) atoms. The molecule has 152 valence electrons. The van der Waals surface area contributed by atoms with Gasteiger partial charge in [-0.15, -0.1) is 0 Å². The van der Waals surface area contributed by atoms with Crippen molar-refractivity contribution in [3.05, 3.63) is 29.8 Å². The van der Waals surface area contributed by atoms with Crippen molar-refractivity contribution in [2.45, 2.75) is 53.0 Å². The number of carbonyl (C=O) groups is 3. The average Bonchev–Trinajstić information content (AvgIpc) is 2.87. The normalized spacial score (nSPS) is 26.9. The summed E-state index contributed by atoms with van der Waals surface area (Å²) in [4.78, 5) is 39.8. The molecular formula is C22H30N2O4. The number of piperidine rings is 1. The maximum atomic E-state index is 13.1. The SMILES string of the molecule is CCC(NC(=O)CN1C(=O)C2CCC(C)(C1=O)C2(C)C)c1ccc(OC)cc1. The molecule has 2 bridgehead atoms. The van der Waals surface area contributed by atoms with Crippen LogP contribution in [-0.4, -0.2) is 36.3 Å². The number of fused-ring (bicyclic) bond motifs is 2. The summed E-state index contributed by atoms with van der Waals surface area (Å²) in [6.07, 6.45) is 2.10. The molecule has 1 aromatic rings. The predicted molar refractivity (Wildman–Crippen MR) is 106 cm³/mol. The second kappa shape index (κ2) is 7.22. The minimum absolute atomic E-state index is 0.183. The molecule has 3 unspecified atom stereocenters. The molecule has 0 aromatic heterocycles. The van der Waals surface area contributed by atoms with Crippen LogP contribution in [0.1, 0.15) is 58.6 Å². The van der Waals surface area contributed by atoms with Gasteiger partial charge in [-0.3, -0.25) is 19.3 Å². The van der Waals surface area contributed by atoms with E-state index in [0.717, 1.165) is 11.3 Å². The Hall–Kier alpha value is -2.37. The molecule has 3 rings (SSSR count). The van der Waals surface area contributed by atoms with Crippen molar-refractivity contribution in [2.75, 3.05) is 13.7 Å². The zero-order chi connectivity index (χ0) is 20.7. The van der Waals surface area contributed by atoms with Gasteiger partial charge in [0.15, 0.2) is 0 Å². The number of hydrogen-bond acceptors (Lipinski definition) is 4. The Morgan fingerprint density at radius 1 is 1.25 bits per heavy atom. The van der Waals surface area contributed by atoms with Gasteiger partial charge in [0.1, 0.15) is 12.3 Å². The highest BCUT2D eigenvalue weighted by Gasteiger charge is 2.64. The van der Waals surface area contributed by atoms with Crippen LogP contribution in [0.5, 0.6) is 5.75 Å². The van der Waals surface area contributed by atoms with Crippen LogP contribution in [0.4, 0.5) is 0 Å². The molecule has 0 spiro atoms. The van der Waals surface area contributed by atoms with Gasteiger partial charge in [0, 0.05) is 5.92 Å². The number of benzene rings is 1. The Kier molecular flexibility index (Phi) is 5.26. The molecule has 3 amide bonds. The van der Waals surface area contributed by atoms with Crippen LogP contribution in [0, 0.1) is 16.7 Å². The third-order valence-corrected chi connectivity index (χ3v) is 7.07. The Balaban J connectivity index is 1.72. The fraction of sp³-hybridized carbons (Fsp3) is 0.591. The highest BCUT2D eigenvalue weighted by Crippen LogP contribution is 2.59. The van der Waals surface area contributed by atoms with Crippen molar-refractivity contribution < 1.29 is 19.1 Å². The molecule has 1 saturated carbocycles. The highest BCUT2D eigenvalue weighted by atomic mass is 16.5. The summed E-state index contributed by atoms with van der Waals surface area (Å²) >= 11 is 0. The number of methoxy groups -OCH3 is 1. The molecule has 2 aliphatic rings. The van der Waals surface area contributed by atoms with Crippen molar-refractivity contribution in [3.63, 3.8) is 0 Å². The van der Waals surface area contributed by atoms with Gasteiger partial charge in [-0.25, -0.2) is 0 Å². The number of amides is 3. The maximum absolute atomic E-state index is 13.1. The quantitative estimate of drug-likeness (QED) is 0.763. The van der Waals surface area contributed by atoms with E-state index in [4.69, 9.17) is 4.74 Å². The fourth-order valence-electron chi connectivity index (χ4n) is 4.69. The van der Waals surface area contributed by atoms with E-state index < -0.39 is 5.41 Å². The zero-order valence-corrected chi connectivity index (χ0v) is 17.4. The first kappa shape index (κ1) is 20.4. The van der Waals surface area contributed by atoms with Crippen LogP contribution < -0.4 is 10.1 Å². The van der Waals surface area contributed by atoms with Gasteiger partial charge in [0.05, 0.1) is 18.6 Å². The first-order chi connectivity index (χ1) is 13.2. The van der Waals surface area contributed by atoms with Gasteiger partial charge in [-0.05, 0) is 42.4 Å². The number of imide groups is 1. The first-order valence-electron chi connectivity index (χ1n) is 9.94. The van der Waals surface area contributed by atoms with Crippen LogP contribution >= 0.6 is 0 Å². The van der Waals surface area contributed by atoms with Crippen LogP contribution in [0.2, 0.25) is 0 Å². The lowest BCUT2D eigenvalue weighted by molar-refractivity contribution is -0.169. The number of hydrogen-bond donors (Lipinski definition) is 1. The molecule has 2 fully saturated rings. The summed E-state index contributed by atoms with van der Waals surface area (Å²) in [5.74, 6) is -0.194. The van der Waals surface area contributed by atoms with Gasteiger partial charge < -0.3 is 10.1 Å². The average molecular weight is 386 g/mol. The molecular weight excluding hydrogens is 356 g/mol. The lowest BCUT2D eigenvalue weighted by atomic mass is 9.62. The highest BCUT2D eigenvalue weighted by molar-refractivity contribution is 6.06. The van der Waals surface area contributed by atoms with E-state index >= 15 is 0 Å². The van der Waals surface area contributed by atoms with Crippen molar-refractivity contribution in [1.82, 2.24) is 10.2 Å². The molecule has 3 atom stereocenters. The molecule has 1 N–H and O–H groups in total. The number of likely N-dealkylation sites (tertiary alicyclic amines) is 1. The maximum Gasteiger partial charge on any atom is 0.240 e. The van der Waals surface area contributed by atoms with Crippen molar-refractivity contribution >= 4 is 17.7 Å². The molecule has 1 heterocycles. The number of nitrogens with one attached hydrogen (secondary N) is 1. The third kappa shape index (κ3) is 3.09. The second-order valence-electron chi connectivity index (χ2n) is 8.68. The summed E-state index contributed by atoms with van der Waals surface area (Å²) in [7, 11) is 1.61. The smallest absolute Gasteiger partial charge is 0.240 e. The predicted octanol–water partition coefficient (Wildman–Crippen LogP) is 3.07. The van der Waals surface area contributed by atoms with E-state index in [-0.39, 0.29) is 41.6 Å². The minimum Gasteiger partial charge on any atom is -0.497 e. The summed E-state index contributed by atoms with van der Waals surface area (Å²) in [5, 5.41) is 2.97. The zero-order valence-electron chi connectivity index (χ0n) is 17.4. The standard InChI is InChI=1S/C22H30N2O4/c1-6-17(14-7-9-15(28-5)10-8-14)23-18(25)13-24-19(26)16-11-12-22(4,20(24)27)21(16,2)3/h7-10,16-17H,6,11-13H2,1-5H3,(H,23,25). The van der Waals surface area contributed by atoms with E-state index in [9.17, 15) is 14.4 Å². The Bertz CT molecular complexity index is 786. The minimum atomic E-state index is -0.591. The van der Waals surface area contributed by atoms with E-state index in [0.29, 0.717) is 19.3 Å². The Labute approximate surface area is 166 Å². The van der Waals surface area contributed by atoms with Crippen molar-refractivity contribution in [3.8, 4) is 5.75 Å². The van der Waals surface area contributed by atoms with E-state index in [2.05, 4.69) is 5.32 Å². The number of nitrogens with zero attached hydrogens (tertiary/aromatic N) is 1. The molecule has 0 radical (unpaired) electrons. The van der Waals surface area contributed by atoms with Gasteiger partial charge in [-0.1, -0.05) is 39.8 Å². The van der Waals surface area contributed by atoms with Crippen molar-refractivity contribution in [1.29, 1.82) is 0 Å². The third-order valence-electron chi connectivity index (χ3n) is 7.07. The number of carbonyl (C=O) groups excluding carboxylic acids is 3. The topological polar surface area (TPSA) is 75.7 Å². The van der Waals surface area contributed by atoms with Crippen LogP contribution in [0.15, 0.2) is 24.3 Å². The van der Waals surface area contributed by atoms with Crippen LogP contribution in [-0.2, 0) is 14.4 Å². The largest absolute Gasteiger partial charge is 0.497 e. The molecule has 6 heteroatoms. The van der Waals surface area contributed by atoms with Crippen molar-refractivity contribution in [2.24, 2.45) is 16.7 Å². The lowest BCUT2D eigenvalue weighted by Crippen LogP contribution is -2.60. The van der Waals surface area contributed by atoms with E-state index in [1.165, 1.54) is 4.90 Å². The second-order valence-corrected chi connectivity index (χ2v) is 8.68. The van der Waals surface area contributed by atoms with Crippen LogP contribution in [0.3, 0.4) is 0 Å². The summed E-state index contributed by atoms with van der Waals surface area (Å²) in [6.45, 7) is 7.69. The molecule has 6 nitrogen and oxygen atoms in total. The number of rotatable bonds is 6. The molecule has 1 aromatic carbocycles. The van der Waals surface area contributed by atoms with Gasteiger partial charge in [-0.2, -0.15) is 0 Å². The van der Waals surface area contributed by atoms with Gasteiger partial charge in [0.2, 0.25) is 17.7 Å². The first-order valence-corrected chi connectivity index (χ1v) is 9.94. The summed E-state index contributed by atoms with van der Waals surface area (Å²) in [5.41, 5.74) is -0.00374. The molecule has 1 aliphatic heterocycles. The molecule has 1 aliphatic carbocycles.